The second-order valence-corrected chi connectivity index (χ2v) is 7.57. The molecule has 1 heterocycles. The zero-order valence-electron chi connectivity index (χ0n) is 12.7. The molecule has 110 valence electrons. The number of carbonyl (C=O) groups is 1. The van der Waals surface area contributed by atoms with Crippen LogP contribution in [0.4, 0.5) is 0 Å². The lowest BCUT2D eigenvalue weighted by atomic mass is 10.0. The fraction of sp³-hybridized carbons (Fsp3) is 0.933. The zero-order valence-corrected chi connectivity index (χ0v) is 13.5. The average Bonchev–Trinajstić information content (AvgIpc) is 2.93. The predicted octanol–water partition coefficient (Wildman–Crippen LogP) is 2.85. The molecule has 2 fully saturated rings. The van der Waals surface area contributed by atoms with Gasteiger partial charge in [-0.1, -0.05) is 34.1 Å². The Balaban J connectivity index is 2.14. The maximum absolute atomic E-state index is 12.7. The summed E-state index contributed by atoms with van der Waals surface area (Å²) in [5, 5.41) is 4.20. The molecular formula is C15H28N2OS. The Bertz CT molecular complexity index is 321. The van der Waals surface area contributed by atoms with Crippen LogP contribution in [0.15, 0.2) is 0 Å². The van der Waals surface area contributed by atoms with Crippen LogP contribution >= 0.6 is 11.8 Å². The summed E-state index contributed by atoms with van der Waals surface area (Å²) in [6.07, 6.45) is 4.99. The minimum Gasteiger partial charge on any atom is -0.322 e. The summed E-state index contributed by atoms with van der Waals surface area (Å²) in [6, 6.07) is 0.483. The van der Waals surface area contributed by atoms with Crippen LogP contribution in [0.3, 0.4) is 0 Å². The zero-order chi connectivity index (χ0) is 14.0. The van der Waals surface area contributed by atoms with Crippen molar-refractivity contribution in [2.24, 2.45) is 5.92 Å². The number of hydrogen-bond acceptors (Lipinski definition) is 3. The van der Waals surface area contributed by atoms with Crippen LogP contribution in [-0.4, -0.2) is 40.1 Å². The lowest BCUT2D eigenvalue weighted by Gasteiger charge is -2.33. The molecule has 1 amide bonds. The molecule has 0 spiro atoms. The largest absolute Gasteiger partial charge is 0.322 e. The number of hydrogen-bond donors (Lipinski definition) is 1. The Hall–Kier alpha value is -0.220. The quantitative estimate of drug-likeness (QED) is 0.842. The Morgan fingerprint density at radius 1 is 1.37 bits per heavy atom. The summed E-state index contributed by atoms with van der Waals surface area (Å²) in [4.78, 5) is 14.9. The summed E-state index contributed by atoms with van der Waals surface area (Å²) in [7, 11) is 0. The topological polar surface area (TPSA) is 32.3 Å². The second kappa shape index (κ2) is 6.49. The third-order valence-corrected chi connectivity index (χ3v) is 5.75. The van der Waals surface area contributed by atoms with Crippen LogP contribution in [0.1, 0.15) is 53.4 Å². The average molecular weight is 284 g/mol. The van der Waals surface area contributed by atoms with Gasteiger partial charge in [0.2, 0.25) is 5.91 Å². The Morgan fingerprint density at radius 3 is 2.68 bits per heavy atom. The minimum absolute atomic E-state index is 0.0258. The summed E-state index contributed by atoms with van der Waals surface area (Å²) < 4.78 is 0. The first kappa shape index (κ1) is 15.2. The van der Waals surface area contributed by atoms with Crippen molar-refractivity contribution < 1.29 is 4.79 Å². The summed E-state index contributed by atoms with van der Waals surface area (Å²) in [5.41, 5.74) is 0. The van der Waals surface area contributed by atoms with Gasteiger partial charge in [0, 0.05) is 11.3 Å². The maximum Gasteiger partial charge on any atom is 0.241 e. The van der Waals surface area contributed by atoms with E-state index in [-0.39, 0.29) is 12.2 Å². The predicted molar refractivity (Wildman–Crippen MR) is 82.2 cm³/mol. The molecular weight excluding hydrogens is 256 g/mol. The lowest BCUT2D eigenvalue weighted by Crippen LogP contribution is -2.47. The van der Waals surface area contributed by atoms with Gasteiger partial charge < -0.3 is 4.90 Å². The van der Waals surface area contributed by atoms with E-state index in [1.807, 2.05) is 11.8 Å². The molecule has 4 atom stereocenters. The molecule has 4 unspecified atom stereocenters. The van der Waals surface area contributed by atoms with Crippen molar-refractivity contribution in [3.8, 4) is 0 Å². The van der Waals surface area contributed by atoms with E-state index in [0.29, 0.717) is 23.1 Å². The van der Waals surface area contributed by atoms with Gasteiger partial charge in [-0.2, -0.15) is 11.8 Å². The first-order chi connectivity index (χ1) is 9.10. The van der Waals surface area contributed by atoms with Crippen LogP contribution in [0.25, 0.3) is 0 Å². The van der Waals surface area contributed by atoms with Crippen LogP contribution in [0.2, 0.25) is 0 Å². The van der Waals surface area contributed by atoms with E-state index in [9.17, 15) is 4.79 Å². The molecule has 19 heavy (non-hydrogen) atoms. The van der Waals surface area contributed by atoms with Gasteiger partial charge in [0.1, 0.15) is 0 Å². The highest BCUT2D eigenvalue weighted by atomic mass is 32.2. The van der Waals surface area contributed by atoms with Gasteiger partial charge >= 0.3 is 0 Å². The number of rotatable bonds is 5. The van der Waals surface area contributed by atoms with E-state index < -0.39 is 0 Å². The van der Waals surface area contributed by atoms with Crippen molar-refractivity contribution in [2.45, 2.75) is 76.9 Å². The van der Waals surface area contributed by atoms with Crippen LogP contribution in [0, 0.1) is 5.92 Å². The molecule has 1 aliphatic carbocycles. The normalized spacial score (nSPS) is 35.6. The summed E-state index contributed by atoms with van der Waals surface area (Å²) >= 11 is 2.04. The van der Waals surface area contributed by atoms with Crippen LogP contribution in [0.5, 0.6) is 0 Å². The molecule has 0 aromatic heterocycles. The fourth-order valence-electron chi connectivity index (χ4n) is 3.49. The van der Waals surface area contributed by atoms with Gasteiger partial charge in [0.15, 0.2) is 0 Å². The third-order valence-electron chi connectivity index (χ3n) is 4.44. The van der Waals surface area contributed by atoms with Gasteiger partial charge in [-0.05, 0) is 30.9 Å². The molecule has 1 saturated carbocycles. The number of amides is 1. The monoisotopic (exact) mass is 284 g/mol. The lowest BCUT2D eigenvalue weighted by molar-refractivity contribution is -0.132. The molecule has 0 aromatic carbocycles. The van der Waals surface area contributed by atoms with E-state index in [1.54, 1.807) is 0 Å². The van der Waals surface area contributed by atoms with Gasteiger partial charge in [-0.15, -0.1) is 0 Å². The Morgan fingerprint density at radius 2 is 2.11 bits per heavy atom. The minimum atomic E-state index is 0.0258. The highest BCUT2D eigenvalue weighted by Gasteiger charge is 2.46. The van der Waals surface area contributed by atoms with E-state index in [1.165, 1.54) is 19.3 Å². The molecule has 0 bridgehead atoms. The molecule has 0 radical (unpaired) electrons. The number of carbonyl (C=O) groups excluding carboxylic acids is 1. The Labute approximate surface area is 121 Å². The standard InChI is InChI=1S/C15H28N2OS/c1-5-13-16-14(10(3)4)15(18)17(13)11-8-7-9-12(11)19-6-2/h10-14,16H,5-9H2,1-4H3. The molecule has 2 rings (SSSR count). The van der Waals surface area contributed by atoms with E-state index in [4.69, 9.17) is 0 Å². The second-order valence-electron chi connectivity index (χ2n) is 6.05. The van der Waals surface area contributed by atoms with Crippen molar-refractivity contribution in [3.05, 3.63) is 0 Å². The molecule has 1 aliphatic heterocycles. The highest BCUT2D eigenvalue weighted by molar-refractivity contribution is 7.99. The van der Waals surface area contributed by atoms with Crippen molar-refractivity contribution in [1.29, 1.82) is 0 Å². The van der Waals surface area contributed by atoms with Crippen LogP contribution in [-0.2, 0) is 4.79 Å². The van der Waals surface area contributed by atoms with E-state index >= 15 is 0 Å². The molecule has 4 heteroatoms. The van der Waals surface area contributed by atoms with Crippen molar-refractivity contribution in [2.75, 3.05) is 5.75 Å². The first-order valence-electron chi connectivity index (χ1n) is 7.79. The maximum atomic E-state index is 12.7. The van der Waals surface area contributed by atoms with E-state index in [2.05, 4.69) is 37.9 Å². The summed E-state index contributed by atoms with van der Waals surface area (Å²) in [5.74, 6) is 1.88. The van der Waals surface area contributed by atoms with Gasteiger partial charge in [-0.25, -0.2) is 0 Å². The van der Waals surface area contributed by atoms with Crippen molar-refractivity contribution in [3.63, 3.8) is 0 Å². The molecule has 0 aromatic rings. The van der Waals surface area contributed by atoms with Crippen molar-refractivity contribution >= 4 is 17.7 Å². The SMILES string of the molecule is CCSC1CCCC1N1C(=O)C(C(C)C)NC1CC. The fourth-order valence-corrected chi connectivity index (χ4v) is 4.74. The molecule has 1 N–H and O–H groups in total. The van der Waals surface area contributed by atoms with Gasteiger partial charge in [0.25, 0.3) is 0 Å². The number of nitrogens with zero attached hydrogens (tertiary/aromatic N) is 1. The smallest absolute Gasteiger partial charge is 0.241 e. The third kappa shape index (κ3) is 2.94. The first-order valence-corrected chi connectivity index (χ1v) is 8.84. The molecule has 2 aliphatic rings. The van der Waals surface area contributed by atoms with Gasteiger partial charge in [0.05, 0.1) is 12.2 Å². The van der Waals surface area contributed by atoms with Gasteiger partial charge in [-0.3, -0.25) is 10.1 Å². The number of nitrogens with one attached hydrogen (secondary N) is 1. The molecule has 1 saturated heterocycles. The molecule has 3 nitrogen and oxygen atoms in total. The van der Waals surface area contributed by atoms with Crippen LogP contribution < -0.4 is 5.32 Å². The van der Waals surface area contributed by atoms with Crippen molar-refractivity contribution in [1.82, 2.24) is 10.2 Å². The number of thioether (sulfide) groups is 1. The van der Waals surface area contributed by atoms with E-state index in [0.717, 1.165) is 12.2 Å². The highest BCUT2D eigenvalue weighted by Crippen LogP contribution is 2.36. The Kier molecular flexibility index (Phi) is 5.18. The summed E-state index contributed by atoms with van der Waals surface area (Å²) in [6.45, 7) is 8.67.